The maximum absolute atomic E-state index is 13.9. The van der Waals surface area contributed by atoms with E-state index >= 15 is 0 Å². The molecule has 0 aliphatic carbocycles. The lowest BCUT2D eigenvalue weighted by atomic mass is 9.82. The second-order valence-corrected chi connectivity index (χ2v) is 11.3. The first kappa shape index (κ1) is 33.2. The van der Waals surface area contributed by atoms with Gasteiger partial charge in [0.25, 0.3) is 5.91 Å². The molecule has 9 nitrogen and oxygen atoms in total. The second-order valence-electron chi connectivity index (χ2n) is 11.3. The molecule has 0 spiro atoms. The van der Waals surface area contributed by atoms with Crippen LogP contribution in [-0.4, -0.2) is 65.1 Å². The summed E-state index contributed by atoms with van der Waals surface area (Å²) in [7, 11) is 0. The molecule has 43 heavy (non-hydrogen) atoms. The SMILES string of the molecule is CC(C)(C)c1ccccc1CC(=O)C(=O)N1CCC[C@@H](C(=O)N[C@@H](CC(=O)O)C(=O)COc2c(F)c(F)cc(F)c2F)C1. The molecule has 2 amide bonds. The van der Waals surface area contributed by atoms with Crippen molar-refractivity contribution in [1.82, 2.24) is 10.2 Å². The van der Waals surface area contributed by atoms with E-state index < -0.39 is 83.4 Å². The van der Waals surface area contributed by atoms with Gasteiger partial charge in [-0.05, 0) is 29.4 Å². The number of rotatable bonds is 11. The van der Waals surface area contributed by atoms with Crippen molar-refractivity contribution >= 4 is 29.4 Å². The molecule has 0 radical (unpaired) electrons. The summed E-state index contributed by atoms with van der Waals surface area (Å²) in [6.45, 7) is 4.78. The van der Waals surface area contributed by atoms with Crippen LogP contribution in [0.25, 0.3) is 0 Å². The number of carbonyl (C=O) groups excluding carboxylic acids is 4. The van der Waals surface area contributed by atoms with E-state index in [1.807, 2.05) is 32.9 Å². The highest BCUT2D eigenvalue weighted by atomic mass is 19.2. The van der Waals surface area contributed by atoms with Crippen LogP contribution in [0.4, 0.5) is 17.6 Å². The maximum atomic E-state index is 13.9. The molecule has 2 aromatic rings. The average molecular weight is 609 g/mol. The maximum Gasteiger partial charge on any atom is 0.305 e. The third kappa shape index (κ3) is 8.39. The lowest BCUT2D eigenvalue weighted by Gasteiger charge is -2.32. The van der Waals surface area contributed by atoms with Gasteiger partial charge in [-0.25, -0.2) is 8.78 Å². The number of aliphatic carboxylic acids is 1. The first-order valence-electron chi connectivity index (χ1n) is 13.5. The van der Waals surface area contributed by atoms with Gasteiger partial charge in [0.2, 0.25) is 23.3 Å². The van der Waals surface area contributed by atoms with Crippen LogP contribution in [0.1, 0.15) is 51.2 Å². The number of likely N-dealkylation sites (tertiary alicyclic amines) is 1. The van der Waals surface area contributed by atoms with E-state index in [2.05, 4.69) is 10.1 Å². The molecule has 2 aromatic carbocycles. The van der Waals surface area contributed by atoms with Crippen LogP contribution < -0.4 is 10.1 Å². The number of hydrogen-bond donors (Lipinski definition) is 2. The number of carboxylic acids is 1. The van der Waals surface area contributed by atoms with Crippen molar-refractivity contribution in [1.29, 1.82) is 0 Å². The van der Waals surface area contributed by atoms with Gasteiger partial charge in [0.05, 0.1) is 12.3 Å². The first-order chi connectivity index (χ1) is 20.1. The van der Waals surface area contributed by atoms with Crippen molar-refractivity contribution in [2.24, 2.45) is 5.92 Å². The largest absolute Gasteiger partial charge is 0.481 e. The molecular formula is C30H32F4N2O7. The van der Waals surface area contributed by atoms with Gasteiger partial charge in [0.15, 0.2) is 23.2 Å². The van der Waals surface area contributed by atoms with Crippen molar-refractivity contribution < 1.29 is 51.4 Å². The van der Waals surface area contributed by atoms with E-state index in [4.69, 9.17) is 0 Å². The van der Waals surface area contributed by atoms with Crippen molar-refractivity contribution in [2.45, 2.75) is 57.9 Å². The Morgan fingerprint density at radius 1 is 1.05 bits per heavy atom. The zero-order valence-corrected chi connectivity index (χ0v) is 23.8. The van der Waals surface area contributed by atoms with E-state index in [0.29, 0.717) is 12.0 Å². The van der Waals surface area contributed by atoms with E-state index in [0.717, 1.165) is 5.56 Å². The normalized spacial score (nSPS) is 15.9. The summed E-state index contributed by atoms with van der Waals surface area (Å²) in [5.41, 5.74) is 1.36. The smallest absolute Gasteiger partial charge is 0.305 e. The molecule has 1 saturated heterocycles. The zero-order valence-electron chi connectivity index (χ0n) is 23.8. The molecule has 0 unspecified atom stereocenters. The van der Waals surface area contributed by atoms with E-state index in [1.165, 1.54) is 4.90 Å². The number of piperidine rings is 1. The van der Waals surface area contributed by atoms with Gasteiger partial charge in [0.1, 0.15) is 12.6 Å². The Labute approximate surface area is 245 Å². The van der Waals surface area contributed by atoms with Crippen LogP contribution in [0.3, 0.4) is 0 Å². The number of nitrogens with zero attached hydrogens (tertiary/aromatic N) is 1. The van der Waals surface area contributed by atoms with Crippen molar-refractivity contribution in [3.05, 3.63) is 64.7 Å². The van der Waals surface area contributed by atoms with Crippen LogP contribution in [0, 0.1) is 29.2 Å². The molecular weight excluding hydrogens is 576 g/mol. The molecule has 2 atom stereocenters. The minimum Gasteiger partial charge on any atom is -0.481 e. The number of benzene rings is 2. The number of ketones is 2. The zero-order chi connectivity index (χ0) is 32.1. The van der Waals surface area contributed by atoms with Gasteiger partial charge >= 0.3 is 5.97 Å². The summed E-state index contributed by atoms with van der Waals surface area (Å²) in [6, 6.07) is 5.50. The molecule has 1 fully saturated rings. The van der Waals surface area contributed by atoms with Crippen LogP contribution in [0.2, 0.25) is 0 Å². The number of amides is 2. The third-order valence-corrected chi connectivity index (χ3v) is 7.01. The number of carboxylic acid groups (broad SMARTS) is 1. The standard InChI is InChI=1S/C30H32F4N2O7/c1-30(2,3)18-9-5-4-7-16(18)11-22(37)29(42)36-10-6-8-17(14-36)28(41)35-21(13-24(39)40)23(38)15-43-27-25(33)19(31)12-20(32)26(27)34/h4-5,7,9,12,17,21H,6,8,10-11,13-15H2,1-3H3,(H,35,41)(H,39,40)/t17-,21+/m1/s1. The molecule has 232 valence electrons. The van der Waals surface area contributed by atoms with Gasteiger partial charge in [-0.2, -0.15) is 8.78 Å². The van der Waals surface area contributed by atoms with Crippen LogP contribution in [0.5, 0.6) is 5.75 Å². The lowest BCUT2D eigenvalue weighted by molar-refractivity contribution is -0.146. The van der Waals surface area contributed by atoms with Crippen LogP contribution in [-0.2, 0) is 35.8 Å². The van der Waals surface area contributed by atoms with Crippen LogP contribution in [0.15, 0.2) is 30.3 Å². The number of hydrogen-bond acceptors (Lipinski definition) is 6. The Morgan fingerprint density at radius 3 is 2.28 bits per heavy atom. The third-order valence-electron chi connectivity index (χ3n) is 7.01. The number of nitrogens with one attached hydrogen (secondary N) is 1. The van der Waals surface area contributed by atoms with E-state index in [9.17, 15) is 46.6 Å². The number of ether oxygens (including phenoxy) is 1. The first-order valence-corrected chi connectivity index (χ1v) is 13.5. The highest BCUT2D eigenvalue weighted by molar-refractivity contribution is 6.36. The predicted molar refractivity (Wildman–Crippen MR) is 144 cm³/mol. The molecule has 3 rings (SSSR count). The molecule has 2 N–H and O–H groups in total. The molecule has 0 bridgehead atoms. The number of Topliss-reactive ketones (excluding diaryl/α,β-unsaturated/α-hetero) is 2. The van der Waals surface area contributed by atoms with Gasteiger partial charge in [-0.15, -0.1) is 0 Å². The Kier molecular flexibility index (Phi) is 10.7. The topological polar surface area (TPSA) is 130 Å². The second kappa shape index (κ2) is 13.8. The average Bonchev–Trinajstić information content (AvgIpc) is 2.94. The minimum atomic E-state index is -1.89. The van der Waals surface area contributed by atoms with E-state index in [-0.39, 0.29) is 37.4 Å². The van der Waals surface area contributed by atoms with E-state index in [1.54, 1.807) is 12.1 Å². The summed E-state index contributed by atoms with van der Waals surface area (Å²) < 4.78 is 59.2. The fraction of sp³-hybridized carbons (Fsp3) is 0.433. The highest BCUT2D eigenvalue weighted by Gasteiger charge is 2.34. The van der Waals surface area contributed by atoms with Crippen molar-refractivity contribution in [2.75, 3.05) is 19.7 Å². The Hall–Kier alpha value is -4.29. The fourth-order valence-electron chi connectivity index (χ4n) is 4.84. The Morgan fingerprint density at radius 2 is 1.67 bits per heavy atom. The summed E-state index contributed by atoms with van der Waals surface area (Å²) in [5.74, 6) is -14.6. The molecule has 1 aliphatic heterocycles. The number of carbonyl (C=O) groups is 5. The van der Waals surface area contributed by atoms with Crippen LogP contribution >= 0.6 is 0 Å². The lowest BCUT2D eigenvalue weighted by Crippen LogP contribution is -2.51. The number of halogens is 4. The summed E-state index contributed by atoms with van der Waals surface area (Å²) >= 11 is 0. The van der Waals surface area contributed by atoms with Gasteiger partial charge in [-0.3, -0.25) is 24.0 Å². The highest BCUT2D eigenvalue weighted by Crippen LogP contribution is 2.28. The molecule has 0 aromatic heterocycles. The predicted octanol–water partition coefficient (Wildman–Crippen LogP) is 3.50. The summed E-state index contributed by atoms with van der Waals surface area (Å²) in [5, 5.41) is 11.5. The molecule has 0 saturated carbocycles. The monoisotopic (exact) mass is 608 g/mol. The quantitative estimate of drug-likeness (QED) is 0.227. The molecule has 13 heteroatoms. The Balaban J connectivity index is 1.66. The van der Waals surface area contributed by atoms with Gasteiger partial charge in [0, 0.05) is 25.6 Å². The van der Waals surface area contributed by atoms with Crippen molar-refractivity contribution in [3.8, 4) is 5.75 Å². The minimum absolute atomic E-state index is 0.0522. The summed E-state index contributed by atoms with van der Waals surface area (Å²) in [6.07, 6.45) is -0.456. The van der Waals surface area contributed by atoms with Gasteiger partial charge in [-0.1, -0.05) is 45.0 Å². The Bertz CT molecular complexity index is 1400. The van der Waals surface area contributed by atoms with Gasteiger partial charge < -0.3 is 20.1 Å². The fourth-order valence-corrected chi connectivity index (χ4v) is 4.84. The molecule has 1 aliphatic rings. The summed E-state index contributed by atoms with van der Waals surface area (Å²) in [4.78, 5) is 64.2. The molecule has 1 heterocycles. The van der Waals surface area contributed by atoms with Crippen molar-refractivity contribution in [3.63, 3.8) is 0 Å².